The number of rotatable bonds is 3. The first-order valence-corrected chi connectivity index (χ1v) is 9.42. The van der Waals surface area contributed by atoms with E-state index in [1.807, 2.05) is 19.9 Å². The van der Waals surface area contributed by atoms with Gasteiger partial charge in [0.05, 0.1) is 4.88 Å². The molecule has 4 heteroatoms. The molecule has 134 valence electrons. The molecule has 0 aliphatic carbocycles. The number of carbonyl (C=O) groups excluding carboxylic acids is 1. The number of phenols is 2. The lowest BCUT2D eigenvalue weighted by Gasteiger charge is -2.08. The minimum absolute atomic E-state index is 0.0927. The van der Waals surface area contributed by atoms with Gasteiger partial charge in [-0.05, 0) is 61.9 Å². The SMILES string of the molecule is Cc1cc(C)cc(-c2c(C(=O)c3ccc(O)cc3)sc3cc(O)ccc23)c1. The van der Waals surface area contributed by atoms with Crippen molar-refractivity contribution < 1.29 is 15.0 Å². The summed E-state index contributed by atoms with van der Waals surface area (Å²) in [5, 5.41) is 20.3. The van der Waals surface area contributed by atoms with Crippen LogP contribution in [0.5, 0.6) is 11.5 Å². The molecule has 0 aliphatic rings. The number of carbonyl (C=O) groups is 1. The second-order valence-corrected chi connectivity index (χ2v) is 7.79. The number of ketones is 1. The molecular formula is C23H18O3S. The molecule has 0 saturated heterocycles. The van der Waals surface area contributed by atoms with Gasteiger partial charge in [-0.25, -0.2) is 0 Å². The predicted octanol–water partition coefficient (Wildman–Crippen LogP) is 5.83. The topological polar surface area (TPSA) is 57.5 Å². The highest BCUT2D eigenvalue weighted by Gasteiger charge is 2.21. The zero-order valence-electron chi connectivity index (χ0n) is 15.0. The maximum Gasteiger partial charge on any atom is 0.203 e. The lowest BCUT2D eigenvalue weighted by atomic mass is 9.95. The molecule has 4 aromatic rings. The van der Waals surface area contributed by atoms with Crippen LogP contribution in [0.4, 0.5) is 0 Å². The Labute approximate surface area is 161 Å². The summed E-state index contributed by atoms with van der Waals surface area (Å²) in [5.74, 6) is 0.214. The van der Waals surface area contributed by atoms with Crippen LogP contribution in [0.2, 0.25) is 0 Å². The van der Waals surface area contributed by atoms with Gasteiger partial charge in [0.1, 0.15) is 11.5 Å². The standard InChI is InChI=1S/C23H18O3S/c1-13-9-14(2)11-16(10-13)21-19-8-7-18(25)12-20(19)27-23(21)22(26)15-3-5-17(24)6-4-15/h3-12,24-25H,1-2H3. The van der Waals surface area contributed by atoms with Crippen molar-refractivity contribution in [3.63, 3.8) is 0 Å². The van der Waals surface area contributed by atoms with Gasteiger partial charge in [0.15, 0.2) is 0 Å². The summed E-state index contributed by atoms with van der Waals surface area (Å²) in [6.07, 6.45) is 0. The molecule has 0 bridgehead atoms. The van der Waals surface area contributed by atoms with Gasteiger partial charge in [-0.2, -0.15) is 0 Å². The van der Waals surface area contributed by atoms with Crippen LogP contribution < -0.4 is 0 Å². The fraction of sp³-hybridized carbons (Fsp3) is 0.0870. The Bertz CT molecular complexity index is 1150. The summed E-state index contributed by atoms with van der Waals surface area (Å²) in [7, 11) is 0. The smallest absolute Gasteiger partial charge is 0.203 e. The fourth-order valence-corrected chi connectivity index (χ4v) is 4.61. The Morgan fingerprint density at radius 3 is 2.11 bits per heavy atom. The van der Waals surface area contributed by atoms with Gasteiger partial charge in [-0.3, -0.25) is 4.79 Å². The van der Waals surface area contributed by atoms with Crippen molar-refractivity contribution in [1.29, 1.82) is 0 Å². The van der Waals surface area contributed by atoms with E-state index in [0.29, 0.717) is 10.4 Å². The van der Waals surface area contributed by atoms with Crippen LogP contribution in [-0.4, -0.2) is 16.0 Å². The summed E-state index contributed by atoms with van der Waals surface area (Å²) < 4.78 is 0.867. The summed E-state index contributed by atoms with van der Waals surface area (Å²) in [6.45, 7) is 4.08. The van der Waals surface area contributed by atoms with E-state index in [0.717, 1.165) is 32.3 Å². The molecule has 0 radical (unpaired) electrons. The van der Waals surface area contributed by atoms with Crippen LogP contribution in [0.1, 0.15) is 26.4 Å². The third-order valence-corrected chi connectivity index (χ3v) is 5.67. The molecule has 0 spiro atoms. The molecule has 0 amide bonds. The average Bonchev–Trinajstić information content (AvgIpc) is 2.99. The van der Waals surface area contributed by atoms with Gasteiger partial charge in [0.25, 0.3) is 0 Å². The third kappa shape index (κ3) is 3.20. The average molecular weight is 374 g/mol. The van der Waals surface area contributed by atoms with E-state index in [9.17, 15) is 15.0 Å². The quantitative estimate of drug-likeness (QED) is 0.444. The normalized spacial score (nSPS) is 11.0. The van der Waals surface area contributed by atoms with E-state index in [1.54, 1.807) is 24.3 Å². The Morgan fingerprint density at radius 1 is 0.815 bits per heavy atom. The van der Waals surface area contributed by atoms with Crippen molar-refractivity contribution in [1.82, 2.24) is 0 Å². The van der Waals surface area contributed by atoms with E-state index < -0.39 is 0 Å². The number of aryl methyl sites for hydroxylation is 2. The number of thiophene rings is 1. The van der Waals surface area contributed by atoms with E-state index in [-0.39, 0.29) is 17.3 Å². The zero-order chi connectivity index (χ0) is 19.1. The second-order valence-electron chi connectivity index (χ2n) is 6.74. The van der Waals surface area contributed by atoms with Crippen molar-refractivity contribution in [3.05, 3.63) is 82.2 Å². The predicted molar refractivity (Wildman–Crippen MR) is 110 cm³/mol. The summed E-state index contributed by atoms with van der Waals surface area (Å²) in [6, 6.07) is 17.8. The van der Waals surface area contributed by atoms with Crippen LogP contribution >= 0.6 is 11.3 Å². The zero-order valence-corrected chi connectivity index (χ0v) is 15.8. The third-order valence-electron chi connectivity index (χ3n) is 4.52. The first-order valence-electron chi connectivity index (χ1n) is 8.60. The molecule has 0 saturated carbocycles. The first kappa shape index (κ1) is 17.3. The molecule has 2 N–H and O–H groups in total. The minimum atomic E-state index is -0.0927. The van der Waals surface area contributed by atoms with Gasteiger partial charge in [-0.15, -0.1) is 11.3 Å². The van der Waals surface area contributed by atoms with Gasteiger partial charge >= 0.3 is 0 Å². The van der Waals surface area contributed by atoms with Crippen LogP contribution in [-0.2, 0) is 0 Å². The fourth-order valence-electron chi connectivity index (χ4n) is 3.39. The Balaban J connectivity index is 1.99. The lowest BCUT2D eigenvalue weighted by Crippen LogP contribution is -2.00. The van der Waals surface area contributed by atoms with Crippen molar-refractivity contribution in [2.45, 2.75) is 13.8 Å². The number of fused-ring (bicyclic) bond motifs is 1. The molecular weight excluding hydrogens is 356 g/mol. The highest BCUT2D eigenvalue weighted by Crippen LogP contribution is 2.41. The Morgan fingerprint density at radius 2 is 1.44 bits per heavy atom. The van der Waals surface area contributed by atoms with Crippen LogP contribution in [0, 0.1) is 13.8 Å². The molecule has 0 fully saturated rings. The van der Waals surface area contributed by atoms with Crippen LogP contribution in [0.3, 0.4) is 0 Å². The number of aromatic hydroxyl groups is 2. The van der Waals surface area contributed by atoms with E-state index >= 15 is 0 Å². The number of hydrogen-bond acceptors (Lipinski definition) is 4. The van der Waals surface area contributed by atoms with E-state index in [1.165, 1.54) is 23.5 Å². The molecule has 3 aromatic carbocycles. The van der Waals surface area contributed by atoms with Gasteiger partial charge in [0.2, 0.25) is 5.78 Å². The van der Waals surface area contributed by atoms with Crippen molar-refractivity contribution in [2.24, 2.45) is 0 Å². The van der Waals surface area contributed by atoms with Gasteiger partial charge < -0.3 is 10.2 Å². The highest BCUT2D eigenvalue weighted by molar-refractivity contribution is 7.21. The van der Waals surface area contributed by atoms with Gasteiger partial charge in [0, 0.05) is 21.2 Å². The maximum absolute atomic E-state index is 13.2. The maximum atomic E-state index is 13.2. The van der Waals surface area contributed by atoms with Gasteiger partial charge in [-0.1, -0.05) is 29.3 Å². The minimum Gasteiger partial charge on any atom is -0.508 e. The summed E-state index contributed by atoms with van der Waals surface area (Å²) >= 11 is 1.38. The first-order chi connectivity index (χ1) is 12.9. The molecule has 27 heavy (non-hydrogen) atoms. The molecule has 1 heterocycles. The summed E-state index contributed by atoms with van der Waals surface area (Å²) in [5.41, 5.74) is 4.66. The van der Waals surface area contributed by atoms with Crippen LogP contribution in [0.25, 0.3) is 21.2 Å². The Kier molecular flexibility index (Phi) is 4.21. The largest absolute Gasteiger partial charge is 0.508 e. The van der Waals surface area contributed by atoms with E-state index in [4.69, 9.17) is 0 Å². The van der Waals surface area contributed by atoms with E-state index in [2.05, 4.69) is 18.2 Å². The Hall–Kier alpha value is -3.11. The monoisotopic (exact) mass is 374 g/mol. The lowest BCUT2D eigenvalue weighted by molar-refractivity contribution is 0.104. The number of benzene rings is 3. The van der Waals surface area contributed by atoms with Crippen molar-refractivity contribution in [2.75, 3.05) is 0 Å². The molecule has 0 atom stereocenters. The highest BCUT2D eigenvalue weighted by atomic mass is 32.1. The van der Waals surface area contributed by atoms with Crippen LogP contribution in [0.15, 0.2) is 60.7 Å². The summed E-state index contributed by atoms with van der Waals surface area (Å²) in [4.78, 5) is 13.9. The molecule has 1 aromatic heterocycles. The van der Waals surface area contributed by atoms with Crippen molar-refractivity contribution >= 4 is 27.2 Å². The molecule has 0 aliphatic heterocycles. The molecule has 4 rings (SSSR count). The number of hydrogen-bond donors (Lipinski definition) is 2. The van der Waals surface area contributed by atoms with Crippen molar-refractivity contribution in [3.8, 4) is 22.6 Å². The number of phenolic OH excluding ortho intramolecular Hbond substituents is 2. The molecule has 0 unspecified atom stereocenters. The second kappa shape index (κ2) is 6.56. The molecule has 3 nitrogen and oxygen atoms in total.